The first-order valence-corrected chi connectivity index (χ1v) is 11.8. The first kappa shape index (κ1) is 24.3. The molecule has 0 amide bonds. The zero-order valence-electron chi connectivity index (χ0n) is 18.0. The maximum atomic E-state index is 6.59. The Balaban J connectivity index is 1.54. The number of nitrogens with one attached hydrogen (secondary N) is 2. The van der Waals surface area contributed by atoms with Crippen molar-refractivity contribution in [1.29, 1.82) is 0 Å². The van der Waals surface area contributed by atoms with Gasteiger partial charge in [0.1, 0.15) is 6.61 Å². The summed E-state index contributed by atoms with van der Waals surface area (Å²) in [7, 11) is 0. The highest BCUT2D eigenvalue weighted by molar-refractivity contribution is 7.71. The van der Waals surface area contributed by atoms with Crippen LogP contribution in [0.5, 0.6) is 11.5 Å². The Labute approximate surface area is 216 Å². The van der Waals surface area contributed by atoms with E-state index in [1.807, 2.05) is 31.2 Å². The summed E-state index contributed by atoms with van der Waals surface area (Å²) in [5.74, 6) is 1.71. The summed E-state index contributed by atoms with van der Waals surface area (Å²) in [5.41, 5.74) is 5.72. The number of pyridine rings is 1. The summed E-state index contributed by atoms with van der Waals surface area (Å²) in [5, 5.41) is 8.71. The number of rotatable bonds is 9. The first-order valence-electron chi connectivity index (χ1n) is 10.3. The van der Waals surface area contributed by atoms with Gasteiger partial charge in [0.25, 0.3) is 0 Å². The van der Waals surface area contributed by atoms with Gasteiger partial charge in [0.15, 0.2) is 17.3 Å². The summed E-state index contributed by atoms with van der Waals surface area (Å²) in [6.45, 7) is 2.97. The lowest BCUT2D eigenvalue weighted by molar-refractivity contribution is 0.269. The van der Waals surface area contributed by atoms with Gasteiger partial charge in [-0.15, -0.1) is 0 Å². The van der Waals surface area contributed by atoms with Gasteiger partial charge in [0, 0.05) is 44.7 Å². The molecule has 0 aliphatic carbocycles. The minimum absolute atomic E-state index is 0.240. The predicted octanol–water partition coefficient (Wildman–Crippen LogP) is 6.68. The fourth-order valence-electron chi connectivity index (χ4n) is 3.19. The molecule has 0 radical (unpaired) electrons. The van der Waals surface area contributed by atoms with E-state index >= 15 is 0 Å². The molecule has 2 aromatic heterocycles. The van der Waals surface area contributed by atoms with Crippen LogP contribution in [0.4, 0.5) is 0 Å². The van der Waals surface area contributed by atoms with E-state index in [0.29, 0.717) is 50.3 Å². The molecule has 34 heavy (non-hydrogen) atoms. The van der Waals surface area contributed by atoms with E-state index in [1.165, 1.54) is 0 Å². The molecule has 2 N–H and O–H groups in total. The number of ether oxygens (including phenoxy) is 2. The van der Waals surface area contributed by atoms with Crippen LogP contribution in [-0.2, 0) is 13.2 Å². The standard InChI is InChI=1S/C23H20Cl3N5O2S/c1-2-32-20-9-16(12-28-31-22(29-30-23(31)34)14-5-7-27-8-6-14)19(26)11-21(20)33-13-15-3-4-17(24)10-18(15)25/h3-11,28H,2,12-13H2,1H3,(H,30,34). The highest BCUT2D eigenvalue weighted by atomic mass is 35.5. The Morgan fingerprint density at radius 2 is 1.71 bits per heavy atom. The Hall–Kier alpha value is -2.78. The van der Waals surface area contributed by atoms with Gasteiger partial charge >= 0.3 is 0 Å². The number of hydrogen-bond donors (Lipinski definition) is 2. The number of nitrogens with zero attached hydrogens (tertiary/aromatic N) is 3. The quantitative estimate of drug-likeness (QED) is 0.232. The maximum Gasteiger partial charge on any atom is 0.214 e. The fraction of sp³-hybridized carbons (Fsp3) is 0.174. The van der Waals surface area contributed by atoms with Crippen LogP contribution in [0.2, 0.25) is 15.1 Å². The second-order valence-electron chi connectivity index (χ2n) is 7.11. The van der Waals surface area contributed by atoms with Crippen molar-refractivity contribution in [1.82, 2.24) is 19.9 Å². The van der Waals surface area contributed by atoms with E-state index in [9.17, 15) is 0 Å². The lowest BCUT2D eigenvalue weighted by Crippen LogP contribution is -2.16. The number of halogens is 3. The number of H-pyrrole nitrogens is 1. The van der Waals surface area contributed by atoms with Crippen LogP contribution in [0.1, 0.15) is 18.1 Å². The Bertz CT molecular complexity index is 1340. The Morgan fingerprint density at radius 3 is 2.44 bits per heavy atom. The molecule has 0 spiro atoms. The summed E-state index contributed by atoms with van der Waals surface area (Å²) in [6, 6.07) is 12.5. The topological polar surface area (TPSA) is 77.0 Å². The summed E-state index contributed by atoms with van der Waals surface area (Å²) >= 11 is 24.2. The highest BCUT2D eigenvalue weighted by Crippen LogP contribution is 2.35. The molecule has 0 aliphatic rings. The van der Waals surface area contributed by atoms with Crippen molar-refractivity contribution in [3.8, 4) is 22.9 Å². The summed E-state index contributed by atoms with van der Waals surface area (Å²) < 4.78 is 13.9. The minimum atomic E-state index is 0.240. The van der Waals surface area contributed by atoms with Crippen molar-refractivity contribution < 1.29 is 9.47 Å². The molecule has 0 atom stereocenters. The molecule has 176 valence electrons. The molecule has 0 unspecified atom stereocenters. The number of aromatic nitrogens is 4. The van der Waals surface area contributed by atoms with Crippen LogP contribution in [0.3, 0.4) is 0 Å². The number of benzene rings is 2. The largest absolute Gasteiger partial charge is 0.490 e. The van der Waals surface area contributed by atoms with Crippen molar-refractivity contribution in [2.75, 3.05) is 12.0 Å². The van der Waals surface area contributed by atoms with Crippen molar-refractivity contribution in [2.45, 2.75) is 20.1 Å². The molecule has 0 bridgehead atoms. The average Bonchev–Trinajstić information content (AvgIpc) is 3.20. The number of aromatic amines is 1. The zero-order chi connectivity index (χ0) is 24.1. The summed E-state index contributed by atoms with van der Waals surface area (Å²) in [6.07, 6.45) is 3.39. The van der Waals surface area contributed by atoms with E-state index in [2.05, 4.69) is 20.6 Å². The first-order chi connectivity index (χ1) is 16.5. The lowest BCUT2D eigenvalue weighted by Gasteiger charge is -2.16. The van der Waals surface area contributed by atoms with Crippen LogP contribution >= 0.6 is 47.0 Å². The zero-order valence-corrected chi connectivity index (χ0v) is 21.1. The molecule has 4 rings (SSSR count). The molecule has 7 nitrogen and oxygen atoms in total. The second kappa shape index (κ2) is 11.1. The Morgan fingerprint density at radius 1 is 0.971 bits per heavy atom. The number of hydrogen-bond acceptors (Lipinski definition) is 6. The normalized spacial score (nSPS) is 10.8. The van der Waals surface area contributed by atoms with Crippen LogP contribution < -0.4 is 14.9 Å². The van der Waals surface area contributed by atoms with Gasteiger partial charge in [0.2, 0.25) is 4.77 Å². The third-order valence-electron chi connectivity index (χ3n) is 4.85. The van der Waals surface area contributed by atoms with Crippen LogP contribution in [0.15, 0.2) is 54.9 Å². The smallest absolute Gasteiger partial charge is 0.214 e. The second-order valence-corrected chi connectivity index (χ2v) is 8.74. The molecule has 0 aliphatic heterocycles. The van der Waals surface area contributed by atoms with Crippen LogP contribution in [0.25, 0.3) is 11.4 Å². The molecule has 0 fully saturated rings. The van der Waals surface area contributed by atoms with Gasteiger partial charge in [-0.05, 0) is 55.0 Å². The van der Waals surface area contributed by atoms with Crippen LogP contribution in [-0.4, -0.2) is 26.5 Å². The minimum Gasteiger partial charge on any atom is -0.490 e. The molecule has 2 heterocycles. The average molecular weight is 537 g/mol. The van der Waals surface area contributed by atoms with Gasteiger partial charge in [0.05, 0.1) is 13.2 Å². The molecule has 4 aromatic rings. The molecule has 11 heteroatoms. The van der Waals surface area contributed by atoms with E-state index in [1.54, 1.807) is 35.3 Å². The molecule has 2 aromatic carbocycles. The van der Waals surface area contributed by atoms with Gasteiger partial charge in [-0.2, -0.15) is 5.10 Å². The fourth-order valence-corrected chi connectivity index (χ4v) is 4.07. The predicted molar refractivity (Wildman–Crippen MR) is 137 cm³/mol. The summed E-state index contributed by atoms with van der Waals surface area (Å²) in [4.78, 5) is 4.04. The van der Waals surface area contributed by atoms with Gasteiger partial charge in [-0.25, -0.2) is 9.77 Å². The SMILES string of the molecule is CCOc1cc(CNn2c(-c3ccncc3)n[nH]c2=S)c(Cl)cc1OCc1ccc(Cl)cc1Cl. The molecular weight excluding hydrogens is 517 g/mol. The van der Waals surface area contributed by atoms with Gasteiger partial charge in [-0.3, -0.25) is 4.98 Å². The third kappa shape index (κ3) is 5.64. The van der Waals surface area contributed by atoms with E-state index in [4.69, 9.17) is 56.5 Å². The Kier molecular flexibility index (Phi) is 7.95. The monoisotopic (exact) mass is 535 g/mol. The molecule has 0 saturated carbocycles. The van der Waals surface area contributed by atoms with Crippen LogP contribution in [0, 0.1) is 4.77 Å². The van der Waals surface area contributed by atoms with E-state index in [-0.39, 0.29) is 6.61 Å². The maximum absolute atomic E-state index is 6.59. The van der Waals surface area contributed by atoms with Crippen molar-refractivity contribution in [3.63, 3.8) is 0 Å². The van der Waals surface area contributed by atoms with Crippen molar-refractivity contribution in [3.05, 3.63) is 85.8 Å². The molecule has 0 saturated heterocycles. The van der Waals surface area contributed by atoms with E-state index < -0.39 is 0 Å². The molecular formula is C23H20Cl3N5O2S. The van der Waals surface area contributed by atoms with Gasteiger partial charge < -0.3 is 14.9 Å². The lowest BCUT2D eigenvalue weighted by atomic mass is 10.2. The van der Waals surface area contributed by atoms with Crippen molar-refractivity contribution >= 4 is 47.0 Å². The third-order valence-corrected chi connectivity index (χ3v) is 6.06. The highest BCUT2D eigenvalue weighted by Gasteiger charge is 2.14. The van der Waals surface area contributed by atoms with Gasteiger partial charge in [-0.1, -0.05) is 40.9 Å². The van der Waals surface area contributed by atoms with Crippen molar-refractivity contribution in [2.24, 2.45) is 0 Å². The van der Waals surface area contributed by atoms with E-state index in [0.717, 1.165) is 16.7 Å².